The largest absolute Gasteiger partial charge is 0.497 e. The number of piperidine rings is 1. The topological polar surface area (TPSA) is 59.0 Å². The van der Waals surface area contributed by atoms with Crippen LogP contribution in [0.25, 0.3) is 0 Å². The van der Waals surface area contributed by atoms with Crippen molar-refractivity contribution in [2.45, 2.75) is 38.7 Å². The molecule has 1 aliphatic rings. The molecular formula is C18H27NO4. The molecule has 1 aromatic carbocycles. The highest BCUT2D eigenvalue weighted by atomic mass is 16.6. The van der Waals surface area contributed by atoms with Crippen LogP contribution >= 0.6 is 0 Å². The second-order valence-electron chi connectivity index (χ2n) is 7.04. The molecule has 2 rings (SSSR count). The summed E-state index contributed by atoms with van der Waals surface area (Å²) in [5.74, 6) is 1.08. The number of hydrogen-bond donors (Lipinski definition) is 1. The summed E-state index contributed by atoms with van der Waals surface area (Å²) in [6.45, 7) is 6.79. The first kappa shape index (κ1) is 17.6. The third kappa shape index (κ3) is 4.61. The highest BCUT2D eigenvalue weighted by Gasteiger charge is 2.33. The molecule has 5 nitrogen and oxygen atoms in total. The van der Waals surface area contributed by atoms with Gasteiger partial charge in [0, 0.05) is 25.6 Å². The summed E-state index contributed by atoms with van der Waals surface area (Å²) in [6, 6.07) is 7.94. The molecule has 0 aromatic heterocycles. The summed E-state index contributed by atoms with van der Waals surface area (Å²) in [5.41, 5.74) is 0.673. The third-order valence-electron chi connectivity index (χ3n) is 4.16. The molecule has 128 valence electrons. The Bertz CT molecular complexity index is 521. The Morgan fingerprint density at radius 1 is 1.30 bits per heavy atom. The molecule has 1 fully saturated rings. The van der Waals surface area contributed by atoms with E-state index in [1.807, 2.05) is 45.0 Å². The molecule has 2 atom stereocenters. The van der Waals surface area contributed by atoms with Gasteiger partial charge >= 0.3 is 6.09 Å². The zero-order valence-corrected chi connectivity index (χ0v) is 14.4. The van der Waals surface area contributed by atoms with Crippen LogP contribution in [0.3, 0.4) is 0 Å². The number of amides is 1. The van der Waals surface area contributed by atoms with Crippen LogP contribution in [-0.4, -0.2) is 48.5 Å². The molecule has 1 heterocycles. The van der Waals surface area contributed by atoms with Crippen LogP contribution in [0, 0.1) is 5.92 Å². The maximum Gasteiger partial charge on any atom is 0.410 e. The van der Waals surface area contributed by atoms with Gasteiger partial charge in [-0.3, -0.25) is 0 Å². The average Bonchev–Trinajstić information content (AvgIpc) is 2.52. The van der Waals surface area contributed by atoms with E-state index in [-0.39, 0.29) is 24.5 Å². The SMILES string of the molecule is COc1ccc([C@@H]2CCN(C(=O)OC(C)(C)C)C[C@H]2CO)cc1. The molecule has 0 saturated carbocycles. The lowest BCUT2D eigenvalue weighted by Gasteiger charge is -2.38. The van der Waals surface area contributed by atoms with Crippen LogP contribution in [0.1, 0.15) is 38.7 Å². The van der Waals surface area contributed by atoms with Gasteiger partial charge in [-0.15, -0.1) is 0 Å². The Kier molecular flexibility index (Phi) is 5.52. The maximum atomic E-state index is 12.2. The summed E-state index contributed by atoms with van der Waals surface area (Å²) >= 11 is 0. The molecule has 1 aliphatic heterocycles. The van der Waals surface area contributed by atoms with E-state index in [4.69, 9.17) is 9.47 Å². The summed E-state index contributed by atoms with van der Waals surface area (Å²) in [4.78, 5) is 13.9. The van der Waals surface area contributed by atoms with Crippen LogP contribution < -0.4 is 4.74 Å². The summed E-state index contributed by atoms with van der Waals surface area (Å²) < 4.78 is 10.6. The highest BCUT2D eigenvalue weighted by Crippen LogP contribution is 2.34. The standard InChI is InChI=1S/C18H27NO4/c1-18(2,3)23-17(21)19-10-9-16(14(11-19)12-20)13-5-7-15(22-4)8-6-13/h5-8,14,16,20H,9-12H2,1-4H3/t14-,16-/m0/s1. The molecule has 1 N–H and O–H groups in total. The van der Waals surface area contributed by atoms with Gasteiger partial charge in [0.15, 0.2) is 0 Å². The monoisotopic (exact) mass is 321 g/mol. The molecule has 1 saturated heterocycles. The molecular weight excluding hydrogens is 294 g/mol. The van der Waals surface area contributed by atoms with Crippen LogP contribution in [0.4, 0.5) is 4.79 Å². The molecule has 0 unspecified atom stereocenters. The van der Waals surface area contributed by atoms with Gasteiger partial charge in [-0.2, -0.15) is 0 Å². The Morgan fingerprint density at radius 2 is 1.96 bits per heavy atom. The van der Waals surface area contributed by atoms with E-state index in [2.05, 4.69) is 0 Å². The minimum Gasteiger partial charge on any atom is -0.497 e. The summed E-state index contributed by atoms with van der Waals surface area (Å²) in [7, 11) is 1.64. The molecule has 0 bridgehead atoms. The van der Waals surface area contributed by atoms with E-state index in [0.29, 0.717) is 13.1 Å². The number of likely N-dealkylation sites (tertiary alicyclic amines) is 1. The van der Waals surface area contributed by atoms with Gasteiger partial charge in [0.25, 0.3) is 0 Å². The number of carbonyl (C=O) groups excluding carboxylic acids is 1. The fourth-order valence-corrected chi connectivity index (χ4v) is 3.00. The van der Waals surface area contributed by atoms with Crippen molar-refractivity contribution in [2.24, 2.45) is 5.92 Å². The van der Waals surface area contributed by atoms with E-state index in [1.165, 1.54) is 5.56 Å². The third-order valence-corrected chi connectivity index (χ3v) is 4.16. The van der Waals surface area contributed by atoms with Crippen molar-refractivity contribution in [3.63, 3.8) is 0 Å². The smallest absolute Gasteiger partial charge is 0.410 e. The van der Waals surface area contributed by atoms with Crippen molar-refractivity contribution in [2.75, 3.05) is 26.8 Å². The normalized spacial score (nSPS) is 21.9. The van der Waals surface area contributed by atoms with E-state index in [0.717, 1.165) is 12.2 Å². The number of methoxy groups -OCH3 is 1. The van der Waals surface area contributed by atoms with Gasteiger partial charge in [0.05, 0.1) is 7.11 Å². The number of rotatable bonds is 3. The fourth-order valence-electron chi connectivity index (χ4n) is 3.00. The van der Waals surface area contributed by atoms with Gasteiger partial charge in [-0.1, -0.05) is 12.1 Å². The van der Waals surface area contributed by atoms with Crippen molar-refractivity contribution in [1.29, 1.82) is 0 Å². The van der Waals surface area contributed by atoms with E-state index in [9.17, 15) is 9.90 Å². The lowest BCUT2D eigenvalue weighted by molar-refractivity contribution is 0.0102. The van der Waals surface area contributed by atoms with Crippen molar-refractivity contribution in [3.8, 4) is 5.75 Å². The zero-order valence-electron chi connectivity index (χ0n) is 14.4. The number of benzene rings is 1. The molecule has 0 spiro atoms. The number of aliphatic hydroxyl groups is 1. The van der Waals surface area contributed by atoms with Crippen molar-refractivity contribution in [1.82, 2.24) is 4.90 Å². The molecule has 5 heteroatoms. The average molecular weight is 321 g/mol. The lowest BCUT2D eigenvalue weighted by atomic mass is 9.81. The number of nitrogens with zero attached hydrogens (tertiary/aromatic N) is 1. The predicted molar refractivity (Wildman–Crippen MR) is 88.7 cm³/mol. The number of hydrogen-bond acceptors (Lipinski definition) is 4. The Hall–Kier alpha value is -1.75. The number of aliphatic hydroxyl groups excluding tert-OH is 1. The minimum absolute atomic E-state index is 0.0182. The van der Waals surface area contributed by atoms with Crippen molar-refractivity contribution < 1.29 is 19.4 Å². The first-order chi connectivity index (χ1) is 10.8. The fraction of sp³-hybridized carbons (Fsp3) is 0.611. The number of ether oxygens (including phenoxy) is 2. The lowest BCUT2D eigenvalue weighted by Crippen LogP contribution is -2.46. The summed E-state index contributed by atoms with van der Waals surface area (Å²) in [5, 5.41) is 9.75. The molecule has 23 heavy (non-hydrogen) atoms. The van der Waals surface area contributed by atoms with Gasteiger partial charge in [0.2, 0.25) is 0 Å². The molecule has 0 radical (unpaired) electrons. The Labute approximate surface area is 138 Å². The summed E-state index contributed by atoms with van der Waals surface area (Å²) in [6.07, 6.45) is 0.515. The minimum atomic E-state index is -0.501. The van der Waals surface area contributed by atoms with E-state index < -0.39 is 5.60 Å². The van der Waals surface area contributed by atoms with Crippen molar-refractivity contribution in [3.05, 3.63) is 29.8 Å². The quantitative estimate of drug-likeness (QED) is 0.929. The maximum absolute atomic E-state index is 12.2. The Balaban J connectivity index is 2.05. The Morgan fingerprint density at radius 3 is 2.48 bits per heavy atom. The van der Waals surface area contributed by atoms with Gasteiger partial charge in [-0.25, -0.2) is 4.79 Å². The van der Waals surface area contributed by atoms with Gasteiger partial charge < -0.3 is 19.5 Å². The first-order valence-electron chi connectivity index (χ1n) is 8.07. The number of carbonyl (C=O) groups is 1. The predicted octanol–water partition coefficient (Wildman–Crippen LogP) is 3.03. The second-order valence-corrected chi connectivity index (χ2v) is 7.04. The van der Waals surface area contributed by atoms with E-state index >= 15 is 0 Å². The molecule has 0 aliphatic carbocycles. The van der Waals surface area contributed by atoms with Gasteiger partial charge in [-0.05, 0) is 50.8 Å². The van der Waals surface area contributed by atoms with Gasteiger partial charge in [0.1, 0.15) is 11.4 Å². The molecule has 1 amide bonds. The highest BCUT2D eigenvalue weighted by molar-refractivity contribution is 5.68. The first-order valence-corrected chi connectivity index (χ1v) is 8.07. The molecule has 1 aromatic rings. The second kappa shape index (κ2) is 7.21. The van der Waals surface area contributed by atoms with Crippen molar-refractivity contribution >= 4 is 6.09 Å². The van der Waals surface area contributed by atoms with E-state index in [1.54, 1.807) is 12.0 Å². The zero-order chi connectivity index (χ0) is 17.0. The van der Waals surface area contributed by atoms with Crippen LogP contribution in [0.5, 0.6) is 5.75 Å². The van der Waals surface area contributed by atoms with Crippen LogP contribution in [-0.2, 0) is 4.74 Å². The van der Waals surface area contributed by atoms with Crippen LogP contribution in [0.15, 0.2) is 24.3 Å². The van der Waals surface area contributed by atoms with Crippen LogP contribution in [0.2, 0.25) is 0 Å².